The van der Waals surface area contributed by atoms with E-state index in [1.807, 2.05) is 24.3 Å². The van der Waals surface area contributed by atoms with E-state index < -0.39 is 0 Å². The monoisotopic (exact) mass is 300 g/mol. The minimum absolute atomic E-state index is 0.692. The van der Waals surface area contributed by atoms with Crippen molar-refractivity contribution in [2.45, 2.75) is 0 Å². The number of thiophene rings is 1. The van der Waals surface area contributed by atoms with Gasteiger partial charge in [-0.25, -0.2) is 0 Å². The summed E-state index contributed by atoms with van der Waals surface area (Å²) < 4.78 is 0.975. The lowest BCUT2D eigenvalue weighted by Gasteiger charge is -2.01. The molecule has 0 unspecified atom stereocenters. The Morgan fingerprint density at radius 2 is 2.07 bits per heavy atom. The largest absolute Gasteiger partial charge is 0.297 e. The van der Waals surface area contributed by atoms with E-state index in [1.165, 1.54) is 11.3 Å². The Morgan fingerprint density at radius 1 is 1.27 bits per heavy atom. The molecular formula is C11H6BrClOS. The Hall–Kier alpha value is -0.640. The van der Waals surface area contributed by atoms with E-state index in [1.54, 1.807) is 6.07 Å². The van der Waals surface area contributed by atoms with E-state index in [2.05, 4.69) is 15.9 Å². The number of carbonyl (C=O) groups is 1. The second kappa shape index (κ2) is 4.47. The van der Waals surface area contributed by atoms with Crippen LogP contribution in [-0.4, -0.2) is 6.29 Å². The van der Waals surface area contributed by atoms with Gasteiger partial charge in [0.15, 0.2) is 6.29 Å². The maximum absolute atomic E-state index is 10.6. The molecule has 4 heteroatoms. The summed E-state index contributed by atoms with van der Waals surface area (Å²) in [7, 11) is 0. The molecule has 0 aliphatic heterocycles. The van der Waals surface area contributed by atoms with Crippen molar-refractivity contribution in [2.75, 3.05) is 0 Å². The van der Waals surface area contributed by atoms with Crippen molar-refractivity contribution in [3.63, 3.8) is 0 Å². The number of benzene rings is 1. The fourth-order valence-electron chi connectivity index (χ4n) is 1.25. The first-order chi connectivity index (χ1) is 7.20. The third-order valence-electron chi connectivity index (χ3n) is 1.94. The Morgan fingerprint density at radius 3 is 2.73 bits per heavy atom. The van der Waals surface area contributed by atoms with Crippen molar-refractivity contribution >= 4 is 45.2 Å². The lowest BCUT2D eigenvalue weighted by atomic mass is 10.2. The second-order valence-corrected chi connectivity index (χ2v) is 5.38. The highest BCUT2D eigenvalue weighted by atomic mass is 79.9. The van der Waals surface area contributed by atoms with Crippen LogP contribution < -0.4 is 0 Å². The van der Waals surface area contributed by atoms with E-state index in [0.29, 0.717) is 9.90 Å². The molecule has 0 aliphatic rings. The number of halogens is 2. The van der Waals surface area contributed by atoms with Crippen LogP contribution in [0.15, 0.2) is 34.8 Å². The first-order valence-corrected chi connectivity index (χ1v) is 6.20. The number of carbonyl (C=O) groups excluding carboxylic acids is 1. The van der Waals surface area contributed by atoms with Crippen LogP contribution in [0, 0.1) is 0 Å². The Labute approximate surface area is 105 Å². The maximum Gasteiger partial charge on any atom is 0.160 e. The molecule has 0 radical (unpaired) electrons. The summed E-state index contributed by atoms with van der Waals surface area (Å²) in [6.45, 7) is 0. The third kappa shape index (κ3) is 2.30. The van der Waals surface area contributed by atoms with Crippen molar-refractivity contribution < 1.29 is 4.79 Å². The summed E-state index contributed by atoms with van der Waals surface area (Å²) in [6.07, 6.45) is 0.847. The molecule has 2 rings (SSSR count). The molecule has 0 amide bonds. The van der Waals surface area contributed by atoms with Gasteiger partial charge in [-0.05, 0) is 30.3 Å². The zero-order chi connectivity index (χ0) is 10.8. The summed E-state index contributed by atoms with van der Waals surface area (Å²) >= 11 is 10.9. The molecule has 1 nitrogen and oxygen atoms in total. The van der Waals surface area contributed by atoms with Crippen LogP contribution >= 0.6 is 38.9 Å². The van der Waals surface area contributed by atoms with Gasteiger partial charge in [0.05, 0.1) is 4.88 Å². The number of hydrogen-bond donors (Lipinski definition) is 0. The minimum atomic E-state index is 0.692. The molecular weight excluding hydrogens is 296 g/mol. The molecule has 0 fully saturated rings. The molecule has 1 aromatic heterocycles. The number of rotatable bonds is 2. The first kappa shape index (κ1) is 10.9. The van der Waals surface area contributed by atoms with Gasteiger partial charge >= 0.3 is 0 Å². The van der Waals surface area contributed by atoms with Gasteiger partial charge in [-0.2, -0.15) is 0 Å². The lowest BCUT2D eigenvalue weighted by Crippen LogP contribution is -1.75. The van der Waals surface area contributed by atoms with E-state index in [-0.39, 0.29) is 0 Å². The topological polar surface area (TPSA) is 17.1 Å². The first-order valence-electron chi connectivity index (χ1n) is 4.21. The summed E-state index contributed by atoms with van der Waals surface area (Å²) in [5, 5.41) is 0.692. The predicted octanol–water partition coefficient (Wildman–Crippen LogP) is 4.64. The van der Waals surface area contributed by atoms with E-state index >= 15 is 0 Å². The van der Waals surface area contributed by atoms with Crippen LogP contribution in [0.5, 0.6) is 0 Å². The fraction of sp³-hybridized carbons (Fsp3) is 0. The zero-order valence-corrected chi connectivity index (χ0v) is 10.7. The predicted molar refractivity (Wildman–Crippen MR) is 67.9 cm³/mol. The van der Waals surface area contributed by atoms with E-state index in [9.17, 15) is 4.79 Å². The number of aldehydes is 1. The fourth-order valence-corrected chi connectivity index (χ4v) is 2.74. The van der Waals surface area contributed by atoms with Crippen LogP contribution in [0.3, 0.4) is 0 Å². The third-order valence-corrected chi connectivity index (χ3v) is 3.80. The maximum atomic E-state index is 10.6. The van der Waals surface area contributed by atoms with Crippen LogP contribution in [0.1, 0.15) is 9.67 Å². The van der Waals surface area contributed by atoms with Gasteiger partial charge in [-0.3, -0.25) is 4.79 Å². The highest BCUT2D eigenvalue weighted by molar-refractivity contribution is 9.10. The summed E-state index contributed by atoms with van der Waals surface area (Å²) in [5.41, 5.74) is 0.948. The Balaban J connectivity index is 2.52. The van der Waals surface area contributed by atoms with Crippen LogP contribution in [0.2, 0.25) is 5.02 Å². The van der Waals surface area contributed by atoms with Gasteiger partial charge in [-0.15, -0.1) is 11.3 Å². The van der Waals surface area contributed by atoms with Crippen molar-refractivity contribution in [2.24, 2.45) is 0 Å². The molecule has 0 saturated heterocycles. The molecule has 15 heavy (non-hydrogen) atoms. The van der Waals surface area contributed by atoms with Gasteiger partial charge in [0.2, 0.25) is 0 Å². The SMILES string of the molecule is O=Cc1ccc(-c2cc(Br)ccc2Cl)s1. The van der Waals surface area contributed by atoms with Gasteiger partial charge in [-0.1, -0.05) is 27.5 Å². The van der Waals surface area contributed by atoms with Gasteiger partial charge < -0.3 is 0 Å². The molecule has 1 heterocycles. The molecule has 0 saturated carbocycles. The zero-order valence-electron chi connectivity index (χ0n) is 7.54. The molecule has 0 spiro atoms. The number of hydrogen-bond acceptors (Lipinski definition) is 2. The molecule has 76 valence electrons. The second-order valence-electron chi connectivity index (χ2n) is 2.94. The van der Waals surface area contributed by atoms with Gasteiger partial charge in [0.1, 0.15) is 0 Å². The van der Waals surface area contributed by atoms with Crippen molar-refractivity contribution in [3.8, 4) is 10.4 Å². The summed E-state index contributed by atoms with van der Waals surface area (Å²) in [5.74, 6) is 0. The van der Waals surface area contributed by atoms with Crippen LogP contribution in [0.4, 0.5) is 0 Å². The van der Waals surface area contributed by atoms with Crippen LogP contribution in [-0.2, 0) is 0 Å². The lowest BCUT2D eigenvalue weighted by molar-refractivity contribution is 0.112. The molecule has 1 aromatic carbocycles. The smallest absolute Gasteiger partial charge is 0.160 e. The average molecular weight is 302 g/mol. The molecule has 0 N–H and O–H groups in total. The highest BCUT2D eigenvalue weighted by Gasteiger charge is 2.07. The van der Waals surface area contributed by atoms with E-state index in [0.717, 1.165) is 21.2 Å². The highest BCUT2D eigenvalue weighted by Crippen LogP contribution is 2.34. The minimum Gasteiger partial charge on any atom is -0.297 e. The average Bonchev–Trinajstić information content (AvgIpc) is 2.70. The Kier molecular flexibility index (Phi) is 3.24. The molecule has 0 aliphatic carbocycles. The van der Waals surface area contributed by atoms with Gasteiger partial charge in [0, 0.05) is 19.9 Å². The van der Waals surface area contributed by atoms with Crippen molar-refractivity contribution in [1.29, 1.82) is 0 Å². The molecule has 2 aromatic rings. The van der Waals surface area contributed by atoms with Crippen molar-refractivity contribution in [1.82, 2.24) is 0 Å². The van der Waals surface area contributed by atoms with Gasteiger partial charge in [0.25, 0.3) is 0 Å². The molecule has 0 bridgehead atoms. The van der Waals surface area contributed by atoms with Crippen molar-refractivity contribution in [3.05, 3.63) is 44.7 Å². The summed E-state index contributed by atoms with van der Waals surface area (Å²) in [4.78, 5) is 12.3. The quantitative estimate of drug-likeness (QED) is 0.738. The van der Waals surface area contributed by atoms with E-state index in [4.69, 9.17) is 11.6 Å². The normalized spacial score (nSPS) is 10.3. The standard InChI is InChI=1S/C11H6BrClOS/c12-7-1-3-10(13)9(5-7)11-4-2-8(6-14)15-11/h1-6H. The Bertz CT molecular complexity index is 507. The molecule has 0 atom stereocenters. The van der Waals surface area contributed by atoms with Crippen LogP contribution in [0.25, 0.3) is 10.4 Å². The summed E-state index contributed by atoms with van der Waals surface area (Å²) in [6, 6.07) is 9.37.